The number of rotatable bonds is 9. The first-order valence-corrected chi connectivity index (χ1v) is 7.62. The maximum atomic E-state index is 8.80. The minimum Gasteiger partial charge on any atom is -0.392 e. The molecule has 0 saturated carbocycles. The van der Waals surface area contributed by atoms with Crippen molar-refractivity contribution in [2.75, 3.05) is 26.4 Å². The van der Waals surface area contributed by atoms with Gasteiger partial charge in [0.15, 0.2) is 5.79 Å². The van der Waals surface area contributed by atoms with Crippen LogP contribution in [0.3, 0.4) is 0 Å². The highest BCUT2D eigenvalue weighted by Gasteiger charge is 2.32. The summed E-state index contributed by atoms with van der Waals surface area (Å²) in [5.74, 6) is -0.517. The maximum Gasteiger partial charge on any atom is 0.163 e. The zero-order valence-electron chi connectivity index (χ0n) is 13.9. The van der Waals surface area contributed by atoms with Crippen LogP contribution in [-0.2, 0) is 14.2 Å². The zero-order chi connectivity index (χ0) is 16.6. The lowest BCUT2D eigenvalue weighted by Gasteiger charge is -2.17. The van der Waals surface area contributed by atoms with Crippen LogP contribution in [0.1, 0.15) is 27.2 Å². The Kier molecular flexibility index (Phi) is 7.76. The molecule has 4 heteroatoms. The lowest BCUT2D eigenvalue weighted by molar-refractivity contribution is -0.144. The van der Waals surface area contributed by atoms with Crippen LogP contribution in [0.2, 0.25) is 0 Å². The van der Waals surface area contributed by atoms with Gasteiger partial charge in [0.2, 0.25) is 0 Å². The van der Waals surface area contributed by atoms with Crippen LogP contribution in [0.4, 0.5) is 0 Å². The molecule has 22 heavy (non-hydrogen) atoms. The highest BCUT2D eigenvalue weighted by atomic mass is 16.7. The van der Waals surface area contributed by atoms with Crippen molar-refractivity contribution in [1.29, 1.82) is 0 Å². The topological polar surface area (TPSA) is 47.9 Å². The van der Waals surface area contributed by atoms with E-state index in [9.17, 15) is 0 Å². The van der Waals surface area contributed by atoms with Gasteiger partial charge >= 0.3 is 0 Å². The van der Waals surface area contributed by atoms with E-state index in [0.29, 0.717) is 19.8 Å². The lowest BCUT2D eigenvalue weighted by Crippen LogP contribution is -2.24. The molecule has 1 aliphatic rings. The summed E-state index contributed by atoms with van der Waals surface area (Å²) in [6, 6.07) is 0. The molecule has 1 saturated heterocycles. The molecule has 1 fully saturated rings. The summed E-state index contributed by atoms with van der Waals surface area (Å²) in [6.45, 7) is 15.4. The zero-order valence-corrected chi connectivity index (χ0v) is 13.9. The average Bonchev–Trinajstić information content (AvgIpc) is 2.81. The van der Waals surface area contributed by atoms with Gasteiger partial charge in [-0.15, -0.1) is 0 Å². The van der Waals surface area contributed by atoms with Crippen molar-refractivity contribution in [2.45, 2.75) is 39.1 Å². The molecule has 1 unspecified atom stereocenters. The summed E-state index contributed by atoms with van der Waals surface area (Å²) in [5.41, 5.74) is 2.85. The van der Waals surface area contributed by atoms with Gasteiger partial charge in [0, 0.05) is 0 Å². The Morgan fingerprint density at radius 1 is 1.41 bits per heavy atom. The first-order valence-electron chi connectivity index (χ1n) is 7.62. The van der Waals surface area contributed by atoms with E-state index < -0.39 is 5.79 Å². The Labute approximate surface area is 133 Å². The highest BCUT2D eigenvalue weighted by molar-refractivity contribution is 5.41. The molecule has 0 spiro atoms. The van der Waals surface area contributed by atoms with Crippen molar-refractivity contribution < 1.29 is 19.3 Å². The summed E-state index contributed by atoms with van der Waals surface area (Å²) in [7, 11) is 0. The van der Waals surface area contributed by atoms with Gasteiger partial charge in [-0.1, -0.05) is 38.3 Å². The van der Waals surface area contributed by atoms with E-state index in [0.717, 1.165) is 23.1 Å². The molecule has 1 aliphatic heterocycles. The van der Waals surface area contributed by atoms with Crippen molar-refractivity contribution in [2.24, 2.45) is 0 Å². The fraction of sp³-hybridized carbons (Fsp3) is 0.556. The largest absolute Gasteiger partial charge is 0.392 e. The third kappa shape index (κ3) is 6.71. The van der Waals surface area contributed by atoms with Gasteiger partial charge in [-0.2, -0.15) is 0 Å². The molecular weight excluding hydrogens is 280 g/mol. The Bertz CT molecular complexity index is 446. The summed E-state index contributed by atoms with van der Waals surface area (Å²) in [4.78, 5) is 0. The molecule has 0 aromatic carbocycles. The van der Waals surface area contributed by atoms with E-state index in [4.69, 9.17) is 19.3 Å². The first-order chi connectivity index (χ1) is 10.4. The molecule has 124 valence electrons. The molecule has 0 aromatic rings. The highest BCUT2D eigenvalue weighted by Crippen LogP contribution is 2.22. The predicted molar refractivity (Wildman–Crippen MR) is 88.6 cm³/mol. The van der Waals surface area contributed by atoms with E-state index in [2.05, 4.69) is 20.1 Å². The van der Waals surface area contributed by atoms with Gasteiger partial charge in [0.05, 0.1) is 26.4 Å². The molecular formula is C18H28O4. The summed E-state index contributed by atoms with van der Waals surface area (Å²) >= 11 is 0. The quantitative estimate of drug-likeness (QED) is 0.665. The van der Waals surface area contributed by atoms with Crippen molar-refractivity contribution in [3.63, 3.8) is 0 Å². The van der Waals surface area contributed by atoms with E-state index in [1.54, 1.807) is 6.08 Å². The van der Waals surface area contributed by atoms with E-state index in [-0.39, 0.29) is 12.7 Å². The number of hydrogen-bond acceptors (Lipinski definition) is 4. The van der Waals surface area contributed by atoms with Crippen LogP contribution in [0.15, 0.2) is 48.1 Å². The average molecular weight is 308 g/mol. The van der Waals surface area contributed by atoms with Gasteiger partial charge in [-0.25, -0.2) is 0 Å². The molecule has 1 heterocycles. The van der Waals surface area contributed by atoms with Crippen molar-refractivity contribution in [3.05, 3.63) is 48.1 Å². The van der Waals surface area contributed by atoms with Crippen molar-refractivity contribution in [1.82, 2.24) is 0 Å². The SMILES string of the molecule is C=C(/C=C(/CC)C(=C)/C=C\CO)COCC1COC(C)(C)O1. The number of aliphatic hydroxyl groups excluding tert-OH is 1. The molecule has 0 aromatic heterocycles. The standard InChI is InChI=1S/C18H28O4/c1-6-16(15(3)8-7-9-19)10-14(2)11-20-12-17-13-21-18(4,5)22-17/h7-8,10,17,19H,2-3,6,9,11-13H2,1,4-5H3/b8-7-,16-10-. The molecule has 1 atom stereocenters. The Morgan fingerprint density at radius 3 is 2.68 bits per heavy atom. The molecule has 0 bridgehead atoms. The van der Waals surface area contributed by atoms with Crippen LogP contribution >= 0.6 is 0 Å². The van der Waals surface area contributed by atoms with Crippen LogP contribution in [0, 0.1) is 0 Å². The Balaban J connectivity index is 2.39. The van der Waals surface area contributed by atoms with Crippen molar-refractivity contribution in [3.8, 4) is 0 Å². The summed E-state index contributed by atoms with van der Waals surface area (Å²) in [6.07, 6.45) is 6.29. The second-order valence-electron chi connectivity index (χ2n) is 5.76. The summed E-state index contributed by atoms with van der Waals surface area (Å²) in [5, 5.41) is 8.80. The second kappa shape index (κ2) is 9.06. The van der Waals surface area contributed by atoms with E-state index in [1.165, 1.54) is 0 Å². The fourth-order valence-electron chi connectivity index (χ4n) is 2.18. The lowest BCUT2D eigenvalue weighted by atomic mass is 10.0. The third-order valence-corrected chi connectivity index (χ3v) is 3.25. The molecule has 0 radical (unpaired) electrons. The third-order valence-electron chi connectivity index (χ3n) is 3.25. The number of ether oxygens (including phenoxy) is 3. The van der Waals surface area contributed by atoms with Crippen LogP contribution in [-0.4, -0.2) is 43.4 Å². The smallest absolute Gasteiger partial charge is 0.163 e. The van der Waals surface area contributed by atoms with Gasteiger partial charge in [-0.3, -0.25) is 0 Å². The van der Waals surface area contributed by atoms with Crippen LogP contribution < -0.4 is 0 Å². The number of aliphatic hydroxyl groups is 1. The Morgan fingerprint density at radius 2 is 2.14 bits per heavy atom. The minimum atomic E-state index is -0.517. The van der Waals surface area contributed by atoms with E-state index >= 15 is 0 Å². The van der Waals surface area contributed by atoms with Gasteiger partial charge in [0.1, 0.15) is 6.10 Å². The molecule has 1 N–H and O–H groups in total. The Hall–Kier alpha value is -1.20. The van der Waals surface area contributed by atoms with Crippen molar-refractivity contribution >= 4 is 0 Å². The maximum absolute atomic E-state index is 8.80. The minimum absolute atomic E-state index is 0.0138. The van der Waals surface area contributed by atoms with Gasteiger partial charge < -0.3 is 19.3 Å². The first kappa shape index (κ1) is 18.8. The second-order valence-corrected chi connectivity index (χ2v) is 5.76. The summed E-state index contributed by atoms with van der Waals surface area (Å²) < 4.78 is 16.8. The van der Waals surface area contributed by atoms with E-state index in [1.807, 2.05) is 26.0 Å². The monoisotopic (exact) mass is 308 g/mol. The number of hydrogen-bond donors (Lipinski definition) is 1. The van der Waals surface area contributed by atoms with Crippen LogP contribution in [0.5, 0.6) is 0 Å². The van der Waals surface area contributed by atoms with Gasteiger partial charge in [0.25, 0.3) is 0 Å². The predicted octanol–water partition coefficient (Wildman–Crippen LogP) is 3.15. The van der Waals surface area contributed by atoms with Crippen LogP contribution in [0.25, 0.3) is 0 Å². The number of allylic oxidation sites excluding steroid dienone is 3. The fourth-order valence-corrected chi connectivity index (χ4v) is 2.18. The van der Waals surface area contributed by atoms with Gasteiger partial charge in [-0.05, 0) is 37.0 Å². The molecule has 0 aliphatic carbocycles. The molecule has 4 nitrogen and oxygen atoms in total. The molecule has 0 amide bonds. The normalized spacial score (nSPS) is 21.5. The molecule has 1 rings (SSSR count).